The number of aryl methyl sites for hydroxylation is 1. The van der Waals surface area contributed by atoms with Crippen LogP contribution in [-0.4, -0.2) is 30.4 Å². The highest BCUT2D eigenvalue weighted by Crippen LogP contribution is 2.22. The Kier molecular flexibility index (Phi) is 3.79. The molecule has 3 heteroatoms. The number of likely N-dealkylation sites (tertiary alicyclic amines) is 1. The molecule has 0 bridgehead atoms. The van der Waals surface area contributed by atoms with Gasteiger partial charge < -0.3 is 10.6 Å². The molecule has 1 amide bonds. The minimum absolute atomic E-state index is 0.262. The number of carbonyl (C=O) groups excluding carboxylic acids is 1. The summed E-state index contributed by atoms with van der Waals surface area (Å²) in [5.74, 6) is 0.537. The van der Waals surface area contributed by atoms with Crippen LogP contribution in [0.5, 0.6) is 0 Å². The molecule has 2 rings (SSSR count). The van der Waals surface area contributed by atoms with Crippen molar-refractivity contribution in [2.75, 3.05) is 19.6 Å². The van der Waals surface area contributed by atoms with Crippen LogP contribution in [0.25, 0.3) is 0 Å². The Morgan fingerprint density at radius 1 is 1.41 bits per heavy atom. The van der Waals surface area contributed by atoms with E-state index in [2.05, 4.69) is 19.1 Å². The fourth-order valence-electron chi connectivity index (χ4n) is 2.51. The molecule has 1 atom stereocenters. The first kappa shape index (κ1) is 12.1. The number of nitrogens with two attached hydrogens (primary N) is 1. The van der Waals surface area contributed by atoms with Crippen LogP contribution in [-0.2, 0) is 4.79 Å². The lowest BCUT2D eigenvalue weighted by Crippen LogP contribution is -2.32. The van der Waals surface area contributed by atoms with Crippen LogP contribution < -0.4 is 5.73 Å². The molecular weight excluding hydrogens is 212 g/mol. The molecule has 0 aliphatic carbocycles. The molecule has 17 heavy (non-hydrogen) atoms. The molecule has 0 saturated carbocycles. The van der Waals surface area contributed by atoms with Gasteiger partial charge in [-0.15, -0.1) is 0 Å². The number of amides is 1. The van der Waals surface area contributed by atoms with Crippen LogP contribution in [0.4, 0.5) is 0 Å². The molecule has 0 spiro atoms. The largest absolute Gasteiger partial charge is 0.342 e. The van der Waals surface area contributed by atoms with Gasteiger partial charge in [0.1, 0.15) is 0 Å². The van der Waals surface area contributed by atoms with Gasteiger partial charge in [-0.1, -0.05) is 24.3 Å². The van der Waals surface area contributed by atoms with Crippen molar-refractivity contribution in [2.24, 2.45) is 5.73 Å². The average Bonchev–Trinajstić information content (AvgIpc) is 2.73. The van der Waals surface area contributed by atoms with E-state index in [-0.39, 0.29) is 11.8 Å². The van der Waals surface area contributed by atoms with Crippen LogP contribution in [0.1, 0.15) is 29.9 Å². The lowest BCUT2D eigenvalue weighted by Gasteiger charge is -2.24. The van der Waals surface area contributed by atoms with E-state index in [0.717, 1.165) is 19.5 Å². The predicted molar refractivity (Wildman–Crippen MR) is 68.8 cm³/mol. The first-order chi connectivity index (χ1) is 8.22. The minimum atomic E-state index is 0.262. The van der Waals surface area contributed by atoms with Crippen molar-refractivity contribution in [1.82, 2.24) is 4.90 Å². The maximum absolute atomic E-state index is 11.6. The molecule has 1 aromatic carbocycles. The van der Waals surface area contributed by atoms with Gasteiger partial charge in [0.25, 0.3) is 0 Å². The second-order valence-corrected chi connectivity index (χ2v) is 4.73. The lowest BCUT2D eigenvalue weighted by molar-refractivity contribution is -0.127. The highest BCUT2D eigenvalue weighted by atomic mass is 16.2. The van der Waals surface area contributed by atoms with Gasteiger partial charge >= 0.3 is 0 Å². The van der Waals surface area contributed by atoms with E-state index < -0.39 is 0 Å². The maximum atomic E-state index is 11.6. The second-order valence-electron chi connectivity index (χ2n) is 4.73. The quantitative estimate of drug-likeness (QED) is 0.858. The van der Waals surface area contributed by atoms with E-state index in [0.29, 0.717) is 13.0 Å². The summed E-state index contributed by atoms with van der Waals surface area (Å²) in [5.41, 5.74) is 8.39. The SMILES string of the molecule is Cc1ccccc1C(CN)CN1CCCC1=O. The Morgan fingerprint density at radius 2 is 2.18 bits per heavy atom. The average molecular weight is 232 g/mol. The first-order valence-electron chi connectivity index (χ1n) is 6.25. The van der Waals surface area contributed by atoms with E-state index in [1.165, 1.54) is 11.1 Å². The van der Waals surface area contributed by atoms with Crippen LogP contribution >= 0.6 is 0 Å². The topological polar surface area (TPSA) is 46.3 Å². The van der Waals surface area contributed by atoms with Crippen LogP contribution in [0.3, 0.4) is 0 Å². The monoisotopic (exact) mass is 232 g/mol. The maximum Gasteiger partial charge on any atom is 0.222 e. The molecule has 2 N–H and O–H groups in total. The molecule has 1 aliphatic rings. The number of hydrogen-bond acceptors (Lipinski definition) is 2. The number of nitrogens with zero attached hydrogens (tertiary/aromatic N) is 1. The molecule has 1 saturated heterocycles. The van der Waals surface area contributed by atoms with E-state index in [1.807, 2.05) is 17.0 Å². The van der Waals surface area contributed by atoms with Crippen molar-refractivity contribution in [3.05, 3.63) is 35.4 Å². The van der Waals surface area contributed by atoms with Gasteiger partial charge in [0, 0.05) is 32.0 Å². The van der Waals surface area contributed by atoms with Gasteiger partial charge in [-0.2, -0.15) is 0 Å². The fraction of sp³-hybridized carbons (Fsp3) is 0.500. The van der Waals surface area contributed by atoms with Gasteiger partial charge in [0.2, 0.25) is 5.91 Å². The summed E-state index contributed by atoms with van der Waals surface area (Å²) < 4.78 is 0. The fourth-order valence-corrected chi connectivity index (χ4v) is 2.51. The zero-order chi connectivity index (χ0) is 12.3. The Hall–Kier alpha value is -1.35. The van der Waals surface area contributed by atoms with Gasteiger partial charge in [-0.3, -0.25) is 4.79 Å². The second kappa shape index (κ2) is 5.32. The Bertz CT molecular complexity index is 403. The standard InChI is InChI=1S/C14H20N2O/c1-11-5-2-3-6-13(11)12(9-15)10-16-8-4-7-14(16)17/h2-3,5-6,12H,4,7-10,15H2,1H3. The van der Waals surface area contributed by atoms with Gasteiger partial charge in [0.05, 0.1) is 0 Å². The van der Waals surface area contributed by atoms with Crippen molar-refractivity contribution in [2.45, 2.75) is 25.7 Å². The van der Waals surface area contributed by atoms with E-state index in [9.17, 15) is 4.79 Å². The third-order valence-electron chi connectivity index (χ3n) is 3.52. The third-order valence-corrected chi connectivity index (χ3v) is 3.52. The Balaban J connectivity index is 2.11. The molecule has 1 unspecified atom stereocenters. The third kappa shape index (κ3) is 2.67. The Labute approximate surface area is 103 Å². The van der Waals surface area contributed by atoms with E-state index in [4.69, 9.17) is 5.73 Å². The molecule has 0 radical (unpaired) electrons. The number of carbonyl (C=O) groups is 1. The number of hydrogen-bond donors (Lipinski definition) is 1. The molecule has 0 aromatic heterocycles. The van der Waals surface area contributed by atoms with Crippen molar-refractivity contribution in [1.29, 1.82) is 0 Å². The first-order valence-corrected chi connectivity index (χ1v) is 6.25. The lowest BCUT2D eigenvalue weighted by atomic mass is 9.94. The van der Waals surface area contributed by atoms with Crippen LogP contribution in [0, 0.1) is 6.92 Å². The van der Waals surface area contributed by atoms with Crippen molar-refractivity contribution < 1.29 is 4.79 Å². The zero-order valence-corrected chi connectivity index (χ0v) is 10.4. The molecule has 1 aliphatic heterocycles. The van der Waals surface area contributed by atoms with Crippen LogP contribution in [0.15, 0.2) is 24.3 Å². The number of rotatable bonds is 4. The summed E-state index contributed by atoms with van der Waals surface area (Å²) >= 11 is 0. The van der Waals surface area contributed by atoms with Gasteiger partial charge in [-0.05, 0) is 24.5 Å². The summed E-state index contributed by atoms with van der Waals surface area (Å²) in [6, 6.07) is 8.29. The van der Waals surface area contributed by atoms with Gasteiger partial charge in [-0.25, -0.2) is 0 Å². The highest BCUT2D eigenvalue weighted by Gasteiger charge is 2.24. The van der Waals surface area contributed by atoms with Gasteiger partial charge in [0.15, 0.2) is 0 Å². The molecule has 92 valence electrons. The normalized spacial score (nSPS) is 17.5. The van der Waals surface area contributed by atoms with Crippen molar-refractivity contribution in [3.63, 3.8) is 0 Å². The van der Waals surface area contributed by atoms with Crippen molar-refractivity contribution in [3.8, 4) is 0 Å². The zero-order valence-electron chi connectivity index (χ0n) is 10.4. The molecule has 1 fully saturated rings. The van der Waals surface area contributed by atoms with E-state index >= 15 is 0 Å². The van der Waals surface area contributed by atoms with E-state index in [1.54, 1.807) is 0 Å². The minimum Gasteiger partial charge on any atom is -0.342 e. The summed E-state index contributed by atoms with van der Waals surface area (Å²) in [5, 5.41) is 0. The number of benzene rings is 1. The summed E-state index contributed by atoms with van der Waals surface area (Å²) in [6.45, 7) is 4.35. The summed E-state index contributed by atoms with van der Waals surface area (Å²) in [7, 11) is 0. The molecule has 1 heterocycles. The Morgan fingerprint density at radius 3 is 2.76 bits per heavy atom. The van der Waals surface area contributed by atoms with Crippen molar-refractivity contribution >= 4 is 5.91 Å². The summed E-state index contributed by atoms with van der Waals surface area (Å²) in [6.07, 6.45) is 1.69. The smallest absolute Gasteiger partial charge is 0.222 e. The molecule has 1 aromatic rings. The molecular formula is C14H20N2O. The van der Waals surface area contributed by atoms with Crippen LogP contribution in [0.2, 0.25) is 0 Å². The molecule has 3 nitrogen and oxygen atoms in total. The predicted octanol–water partition coefficient (Wildman–Crippen LogP) is 1.66. The summed E-state index contributed by atoms with van der Waals surface area (Å²) in [4.78, 5) is 13.6. The highest BCUT2D eigenvalue weighted by molar-refractivity contribution is 5.78.